The number of esters is 1. The van der Waals surface area contributed by atoms with Crippen LogP contribution in [0.15, 0.2) is 0 Å². The van der Waals surface area contributed by atoms with E-state index in [0.717, 1.165) is 0 Å². The molecule has 0 amide bonds. The van der Waals surface area contributed by atoms with Crippen molar-refractivity contribution in [3.8, 4) is 0 Å². The fourth-order valence-corrected chi connectivity index (χ4v) is 1.29. The summed E-state index contributed by atoms with van der Waals surface area (Å²) in [6.45, 7) is 3.60. The van der Waals surface area contributed by atoms with Gasteiger partial charge in [0.15, 0.2) is 0 Å². The lowest BCUT2D eigenvalue weighted by Gasteiger charge is -2.23. The molecule has 2 atom stereocenters. The standard InChI is InChI=1S/C10H18F3NO2/c1-3-5-7(8(14)10(11,12)13)9(15)16-6-4-2/h7-8H,3-6,14H2,1-2H3/t7-,8-/m0/s1. The van der Waals surface area contributed by atoms with Crippen molar-refractivity contribution in [1.82, 2.24) is 0 Å². The summed E-state index contributed by atoms with van der Waals surface area (Å²) >= 11 is 0. The fraction of sp³-hybridized carbons (Fsp3) is 0.900. The largest absolute Gasteiger partial charge is 0.465 e. The zero-order valence-corrected chi connectivity index (χ0v) is 9.51. The Morgan fingerprint density at radius 2 is 1.88 bits per heavy atom. The van der Waals surface area contributed by atoms with Crippen molar-refractivity contribution in [3.05, 3.63) is 0 Å². The highest BCUT2D eigenvalue weighted by Crippen LogP contribution is 2.27. The van der Waals surface area contributed by atoms with Gasteiger partial charge in [0.05, 0.1) is 12.5 Å². The highest BCUT2D eigenvalue weighted by atomic mass is 19.4. The summed E-state index contributed by atoms with van der Waals surface area (Å²) in [6, 6.07) is -2.14. The molecule has 0 aliphatic carbocycles. The van der Waals surface area contributed by atoms with Gasteiger partial charge in [-0.3, -0.25) is 4.79 Å². The average Bonchev–Trinajstić information content (AvgIpc) is 2.20. The van der Waals surface area contributed by atoms with E-state index in [0.29, 0.717) is 12.8 Å². The van der Waals surface area contributed by atoms with Crippen LogP contribution in [0, 0.1) is 5.92 Å². The summed E-state index contributed by atoms with van der Waals surface area (Å²) in [5, 5.41) is 0. The lowest BCUT2D eigenvalue weighted by molar-refractivity contribution is -0.176. The van der Waals surface area contributed by atoms with Gasteiger partial charge in [-0.1, -0.05) is 20.3 Å². The Kier molecular flexibility index (Phi) is 6.40. The molecule has 0 heterocycles. The van der Waals surface area contributed by atoms with Crippen LogP contribution in [0.2, 0.25) is 0 Å². The van der Waals surface area contributed by atoms with E-state index in [4.69, 9.17) is 10.5 Å². The zero-order valence-electron chi connectivity index (χ0n) is 9.51. The van der Waals surface area contributed by atoms with Gasteiger partial charge in [-0.25, -0.2) is 0 Å². The molecule has 0 aliphatic rings. The minimum Gasteiger partial charge on any atom is -0.465 e. The molecule has 0 fully saturated rings. The van der Waals surface area contributed by atoms with Crippen molar-refractivity contribution in [2.45, 2.75) is 45.3 Å². The molecule has 0 aliphatic heterocycles. The molecule has 0 saturated heterocycles. The van der Waals surface area contributed by atoms with E-state index in [9.17, 15) is 18.0 Å². The summed E-state index contributed by atoms with van der Waals surface area (Å²) in [6.07, 6.45) is -3.45. The van der Waals surface area contributed by atoms with Crippen molar-refractivity contribution in [3.63, 3.8) is 0 Å². The monoisotopic (exact) mass is 241 g/mol. The van der Waals surface area contributed by atoms with Gasteiger partial charge in [0.2, 0.25) is 0 Å². The molecule has 6 heteroatoms. The maximum Gasteiger partial charge on any atom is 0.404 e. The number of carbonyl (C=O) groups excluding carboxylic acids is 1. The number of nitrogens with two attached hydrogens (primary N) is 1. The Morgan fingerprint density at radius 3 is 2.25 bits per heavy atom. The van der Waals surface area contributed by atoms with Crippen molar-refractivity contribution in [2.24, 2.45) is 11.7 Å². The molecular formula is C10H18F3NO2. The molecule has 0 spiro atoms. The quantitative estimate of drug-likeness (QED) is 0.725. The predicted octanol–water partition coefficient (Wildman–Crippen LogP) is 2.25. The smallest absolute Gasteiger partial charge is 0.404 e. The first kappa shape index (κ1) is 15.2. The molecule has 0 bridgehead atoms. The predicted molar refractivity (Wildman–Crippen MR) is 53.7 cm³/mol. The van der Waals surface area contributed by atoms with E-state index in [2.05, 4.69) is 0 Å². The highest BCUT2D eigenvalue weighted by molar-refractivity contribution is 5.73. The third-order valence-corrected chi connectivity index (χ3v) is 2.16. The molecule has 2 N–H and O–H groups in total. The first-order chi connectivity index (χ1) is 7.34. The Balaban J connectivity index is 4.53. The molecular weight excluding hydrogens is 223 g/mol. The second kappa shape index (κ2) is 6.73. The molecule has 0 unspecified atom stereocenters. The lowest BCUT2D eigenvalue weighted by Crippen LogP contribution is -2.47. The summed E-state index contributed by atoms with van der Waals surface area (Å²) < 4.78 is 41.8. The molecule has 0 aromatic carbocycles. The Labute approximate surface area is 93.1 Å². The van der Waals surface area contributed by atoms with Crippen LogP contribution in [0.25, 0.3) is 0 Å². The lowest BCUT2D eigenvalue weighted by atomic mass is 9.95. The number of halogens is 3. The van der Waals surface area contributed by atoms with Crippen LogP contribution in [-0.4, -0.2) is 24.8 Å². The first-order valence-electron chi connectivity index (χ1n) is 5.33. The number of hydrogen-bond acceptors (Lipinski definition) is 3. The summed E-state index contributed by atoms with van der Waals surface area (Å²) in [7, 11) is 0. The summed E-state index contributed by atoms with van der Waals surface area (Å²) in [5.74, 6) is -2.15. The van der Waals surface area contributed by atoms with Gasteiger partial charge >= 0.3 is 12.1 Å². The number of carbonyl (C=O) groups is 1. The second-order valence-electron chi connectivity index (χ2n) is 3.63. The van der Waals surface area contributed by atoms with Crippen LogP contribution in [0.1, 0.15) is 33.1 Å². The van der Waals surface area contributed by atoms with Crippen molar-refractivity contribution in [2.75, 3.05) is 6.61 Å². The van der Waals surface area contributed by atoms with Gasteiger partial charge in [0.1, 0.15) is 6.04 Å². The Bertz CT molecular complexity index is 219. The third kappa shape index (κ3) is 4.83. The van der Waals surface area contributed by atoms with Crippen LogP contribution < -0.4 is 5.73 Å². The number of hydrogen-bond donors (Lipinski definition) is 1. The van der Waals surface area contributed by atoms with Crippen LogP contribution in [0.5, 0.6) is 0 Å². The van der Waals surface area contributed by atoms with Gasteiger partial charge in [-0.05, 0) is 12.8 Å². The molecule has 16 heavy (non-hydrogen) atoms. The molecule has 0 rings (SSSR count). The Hall–Kier alpha value is -0.780. The SMILES string of the molecule is CCCOC(=O)[C@@H](CCC)[C@H](N)C(F)(F)F. The topological polar surface area (TPSA) is 52.3 Å². The average molecular weight is 241 g/mol. The normalized spacial score (nSPS) is 15.6. The van der Waals surface area contributed by atoms with Gasteiger partial charge in [-0.15, -0.1) is 0 Å². The van der Waals surface area contributed by atoms with Crippen LogP contribution in [0.4, 0.5) is 13.2 Å². The molecule has 0 radical (unpaired) electrons. The van der Waals surface area contributed by atoms with Crippen molar-refractivity contribution >= 4 is 5.97 Å². The molecule has 0 aromatic heterocycles. The van der Waals surface area contributed by atoms with Crippen LogP contribution in [0.3, 0.4) is 0 Å². The van der Waals surface area contributed by atoms with Gasteiger partial charge < -0.3 is 10.5 Å². The van der Waals surface area contributed by atoms with Gasteiger partial charge in [-0.2, -0.15) is 13.2 Å². The minimum absolute atomic E-state index is 0.0865. The van der Waals surface area contributed by atoms with Crippen molar-refractivity contribution < 1.29 is 22.7 Å². The van der Waals surface area contributed by atoms with E-state index < -0.39 is 24.1 Å². The summed E-state index contributed by atoms with van der Waals surface area (Å²) in [4.78, 5) is 11.4. The van der Waals surface area contributed by atoms with Gasteiger partial charge in [0, 0.05) is 0 Å². The number of rotatable bonds is 6. The Morgan fingerprint density at radius 1 is 1.31 bits per heavy atom. The van der Waals surface area contributed by atoms with Gasteiger partial charge in [0.25, 0.3) is 0 Å². The minimum atomic E-state index is -4.56. The van der Waals surface area contributed by atoms with Crippen molar-refractivity contribution in [1.29, 1.82) is 0 Å². The second-order valence-corrected chi connectivity index (χ2v) is 3.63. The molecule has 3 nitrogen and oxygen atoms in total. The van der Waals surface area contributed by atoms with Crippen LogP contribution >= 0.6 is 0 Å². The third-order valence-electron chi connectivity index (χ3n) is 2.16. The number of alkyl halides is 3. The molecule has 0 aromatic rings. The molecule has 96 valence electrons. The first-order valence-corrected chi connectivity index (χ1v) is 5.33. The maximum atomic E-state index is 12.4. The zero-order chi connectivity index (χ0) is 12.8. The van der Waals surface area contributed by atoms with Crippen LogP contribution in [-0.2, 0) is 9.53 Å². The van der Waals surface area contributed by atoms with E-state index in [-0.39, 0.29) is 13.0 Å². The maximum absolute atomic E-state index is 12.4. The summed E-state index contributed by atoms with van der Waals surface area (Å²) in [5.41, 5.74) is 5.03. The van der Waals surface area contributed by atoms with E-state index >= 15 is 0 Å². The van der Waals surface area contributed by atoms with E-state index in [1.54, 1.807) is 13.8 Å². The fourth-order valence-electron chi connectivity index (χ4n) is 1.29. The molecule has 0 saturated carbocycles. The van der Waals surface area contributed by atoms with E-state index in [1.807, 2.05) is 0 Å². The number of ether oxygens (including phenoxy) is 1. The highest BCUT2D eigenvalue weighted by Gasteiger charge is 2.45. The van der Waals surface area contributed by atoms with E-state index in [1.165, 1.54) is 0 Å².